The van der Waals surface area contributed by atoms with E-state index in [0.717, 1.165) is 4.68 Å². The van der Waals surface area contributed by atoms with Crippen molar-refractivity contribution in [3.05, 3.63) is 29.1 Å². The van der Waals surface area contributed by atoms with Gasteiger partial charge in [-0.3, -0.25) is 4.79 Å². The van der Waals surface area contributed by atoms with Gasteiger partial charge >= 0.3 is 5.76 Å². The number of nitrogens with zero attached hydrogens (tertiary/aromatic N) is 3. The molecule has 114 valence electrons. The van der Waals surface area contributed by atoms with Crippen LogP contribution in [0.2, 0.25) is 0 Å². The lowest BCUT2D eigenvalue weighted by molar-refractivity contribution is -0.135. The fourth-order valence-corrected chi connectivity index (χ4v) is 2.29. The van der Waals surface area contributed by atoms with Crippen molar-refractivity contribution in [2.45, 2.75) is 46.3 Å². The highest BCUT2D eigenvalue weighted by Gasteiger charge is 2.22. The molecule has 0 radical (unpaired) electrons. The second kappa shape index (κ2) is 5.99. The van der Waals surface area contributed by atoms with Crippen LogP contribution in [0.5, 0.6) is 0 Å². The molecular weight excluding hydrogens is 274 g/mol. The predicted octanol–water partition coefficient (Wildman–Crippen LogP) is 1.74. The topological polar surface area (TPSA) is 81.5 Å². The van der Waals surface area contributed by atoms with Gasteiger partial charge in [0.15, 0.2) is 0 Å². The first-order chi connectivity index (χ1) is 9.90. The fourth-order valence-electron chi connectivity index (χ4n) is 2.29. The van der Waals surface area contributed by atoms with Gasteiger partial charge in [0.05, 0.1) is 11.8 Å². The van der Waals surface area contributed by atoms with Crippen molar-refractivity contribution in [1.82, 2.24) is 14.7 Å². The summed E-state index contributed by atoms with van der Waals surface area (Å²) in [5, 5.41) is 4.02. The molecule has 0 saturated carbocycles. The number of aromatic nitrogens is 2. The highest BCUT2D eigenvalue weighted by atomic mass is 16.4. The lowest BCUT2D eigenvalue weighted by atomic mass is 10.2. The molecule has 0 spiro atoms. The number of hydrogen-bond donors (Lipinski definition) is 0. The van der Waals surface area contributed by atoms with E-state index >= 15 is 0 Å². The summed E-state index contributed by atoms with van der Waals surface area (Å²) in [7, 11) is 0. The summed E-state index contributed by atoms with van der Waals surface area (Å²) in [5.41, 5.74) is 0.558. The fraction of sp³-hybridized carbons (Fsp3) is 0.500. The van der Waals surface area contributed by atoms with E-state index < -0.39 is 5.76 Å². The van der Waals surface area contributed by atoms with Crippen LogP contribution in [0, 0.1) is 0 Å². The van der Waals surface area contributed by atoms with Gasteiger partial charge in [0.1, 0.15) is 12.8 Å². The molecular formula is C14H19N3O4. The summed E-state index contributed by atoms with van der Waals surface area (Å²) in [5.74, 6) is -0.691. The highest BCUT2D eigenvalue weighted by Crippen LogP contribution is 2.15. The molecule has 1 amide bonds. The third kappa shape index (κ3) is 3.24. The molecule has 0 aliphatic heterocycles. The largest absolute Gasteiger partial charge is 0.472 e. The summed E-state index contributed by atoms with van der Waals surface area (Å²) in [4.78, 5) is 25.8. The molecule has 7 nitrogen and oxygen atoms in total. The maximum atomic E-state index is 12.3. The Kier molecular flexibility index (Phi) is 4.30. The van der Waals surface area contributed by atoms with Crippen LogP contribution < -0.4 is 5.76 Å². The zero-order chi connectivity index (χ0) is 15.6. The van der Waals surface area contributed by atoms with Crippen LogP contribution in [0.15, 0.2) is 32.2 Å². The first kappa shape index (κ1) is 15.1. The average molecular weight is 293 g/mol. The molecule has 0 atom stereocenters. The Morgan fingerprint density at radius 1 is 1.33 bits per heavy atom. The van der Waals surface area contributed by atoms with Gasteiger partial charge in [-0.25, -0.2) is 4.79 Å². The van der Waals surface area contributed by atoms with E-state index in [1.165, 1.54) is 12.5 Å². The smallest absolute Gasteiger partial charge is 0.437 e. The van der Waals surface area contributed by atoms with Crippen LogP contribution in [-0.4, -0.2) is 32.7 Å². The Hall–Kier alpha value is -2.31. The summed E-state index contributed by atoms with van der Waals surface area (Å²) < 4.78 is 11.0. The molecule has 0 aromatic carbocycles. The molecule has 0 saturated heterocycles. The Morgan fingerprint density at radius 3 is 2.52 bits per heavy atom. The monoisotopic (exact) mass is 293 g/mol. The number of carbonyl (C=O) groups excluding carboxylic acids is 1. The lowest BCUT2D eigenvalue weighted by Crippen LogP contribution is -2.44. The van der Waals surface area contributed by atoms with E-state index in [2.05, 4.69) is 5.10 Å². The summed E-state index contributed by atoms with van der Waals surface area (Å²) in [6.45, 7) is 7.58. The first-order valence-corrected chi connectivity index (χ1v) is 6.81. The van der Waals surface area contributed by atoms with E-state index in [-0.39, 0.29) is 30.4 Å². The highest BCUT2D eigenvalue weighted by molar-refractivity contribution is 5.76. The van der Waals surface area contributed by atoms with Crippen molar-refractivity contribution in [2.24, 2.45) is 0 Å². The normalized spacial score (nSPS) is 11.3. The molecule has 0 N–H and O–H groups in total. The lowest BCUT2D eigenvalue weighted by Gasteiger charge is -2.30. The van der Waals surface area contributed by atoms with Crippen LogP contribution >= 0.6 is 0 Å². The standard InChI is InChI=1S/C14H19N3O4/c1-9(2)17(10(3)4)12(18)7-16-14(19)21-13(15-16)11-5-6-20-8-11/h5-6,8-10H,7H2,1-4H3. The van der Waals surface area contributed by atoms with Crippen molar-refractivity contribution in [1.29, 1.82) is 0 Å². The van der Waals surface area contributed by atoms with Gasteiger partial charge < -0.3 is 13.7 Å². The number of rotatable bonds is 5. The van der Waals surface area contributed by atoms with Crippen molar-refractivity contribution in [3.63, 3.8) is 0 Å². The van der Waals surface area contributed by atoms with Crippen molar-refractivity contribution in [2.75, 3.05) is 0 Å². The van der Waals surface area contributed by atoms with Gasteiger partial charge in [-0.1, -0.05) is 0 Å². The van der Waals surface area contributed by atoms with Crippen LogP contribution in [0.25, 0.3) is 11.5 Å². The number of furan rings is 1. The minimum atomic E-state index is -0.660. The average Bonchev–Trinajstić information content (AvgIpc) is 2.98. The molecule has 0 bridgehead atoms. The van der Waals surface area contributed by atoms with Gasteiger partial charge in [0.25, 0.3) is 5.89 Å². The number of amides is 1. The Bertz CT molecular complexity index is 644. The molecule has 7 heteroatoms. The van der Waals surface area contributed by atoms with Gasteiger partial charge in [-0.2, -0.15) is 4.68 Å². The third-order valence-electron chi connectivity index (χ3n) is 3.06. The molecule has 2 aromatic heterocycles. The second-order valence-corrected chi connectivity index (χ2v) is 5.33. The van der Waals surface area contributed by atoms with Crippen molar-refractivity contribution >= 4 is 5.91 Å². The minimum Gasteiger partial charge on any atom is -0.472 e. The molecule has 0 aliphatic carbocycles. The second-order valence-electron chi connectivity index (χ2n) is 5.33. The van der Waals surface area contributed by atoms with Gasteiger partial charge in [0, 0.05) is 12.1 Å². The quantitative estimate of drug-likeness (QED) is 0.838. The van der Waals surface area contributed by atoms with Crippen molar-refractivity contribution < 1.29 is 13.6 Å². The SMILES string of the molecule is CC(C)N(C(=O)Cn1nc(-c2ccoc2)oc1=O)C(C)C. The molecule has 0 fully saturated rings. The van der Waals surface area contributed by atoms with E-state index in [4.69, 9.17) is 8.83 Å². The zero-order valence-electron chi connectivity index (χ0n) is 12.6. The number of carbonyl (C=O) groups is 1. The summed E-state index contributed by atoms with van der Waals surface area (Å²) >= 11 is 0. The third-order valence-corrected chi connectivity index (χ3v) is 3.06. The van der Waals surface area contributed by atoms with E-state index in [1.54, 1.807) is 11.0 Å². The van der Waals surface area contributed by atoms with Crippen molar-refractivity contribution in [3.8, 4) is 11.5 Å². The molecule has 21 heavy (non-hydrogen) atoms. The molecule has 2 aromatic rings. The summed E-state index contributed by atoms with van der Waals surface area (Å²) in [6, 6.07) is 1.73. The molecule has 0 aliphatic rings. The Labute approximate surface area is 122 Å². The maximum Gasteiger partial charge on any atom is 0.437 e. The number of hydrogen-bond acceptors (Lipinski definition) is 5. The van der Waals surface area contributed by atoms with Gasteiger partial charge in [0.2, 0.25) is 5.91 Å². The summed E-state index contributed by atoms with van der Waals surface area (Å²) in [6.07, 6.45) is 2.88. The van der Waals surface area contributed by atoms with E-state index in [0.29, 0.717) is 5.56 Å². The van der Waals surface area contributed by atoms with Crippen LogP contribution in [0.1, 0.15) is 27.7 Å². The molecule has 2 rings (SSSR count). The maximum absolute atomic E-state index is 12.3. The molecule has 0 unspecified atom stereocenters. The predicted molar refractivity (Wildman–Crippen MR) is 75.6 cm³/mol. The first-order valence-electron chi connectivity index (χ1n) is 6.81. The molecule has 2 heterocycles. The van der Waals surface area contributed by atoms with E-state index in [1.807, 2.05) is 27.7 Å². The van der Waals surface area contributed by atoms with Gasteiger partial charge in [-0.05, 0) is 33.8 Å². The van der Waals surface area contributed by atoms with Crippen LogP contribution in [-0.2, 0) is 11.3 Å². The zero-order valence-corrected chi connectivity index (χ0v) is 12.6. The van der Waals surface area contributed by atoms with E-state index in [9.17, 15) is 9.59 Å². The Morgan fingerprint density at radius 2 is 2.00 bits per heavy atom. The minimum absolute atomic E-state index is 0.0495. The van der Waals surface area contributed by atoms with Gasteiger partial charge in [-0.15, -0.1) is 5.10 Å². The van der Waals surface area contributed by atoms with Crippen LogP contribution in [0.4, 0.5) is 0 Å². The Balaban J connectivity index is 2.20. The van der Waals surface area contributed by atoms with Crippen LogP contribution in [0.3, 0.4) is 0 Å².